The molecule has 176 valence electrons. The van der Waals surface area contributed by atoms with Gasteiger partial charge in [-0.25, -0.2) is 4.39 Å². The largest absolute Gasteiger partial charge is 0.484 e. The van der Waals surface area contributed by atoms with E-state index in [-0.39, 0.29) is 52.7 Å². The standard InChI is InChI=1S/C26H23ClFNO5/c1-14-3-4-17(7-19(14)28)33-10-23(32)29-26-11-25(12-26,13-26)9-21(31)22-8-20(30)18-6-16(27)5-15(2)24(18)34-22/h3-8H,9-13H2,1-2H3,(H,29,32). The molecule has 3 aliphatic carbocycles. The third kappa shape index (κ3) is 3.98. The Morgan fingerprint density at radius 1 is 1.12 bits per heavy atom. The first-order chi connectivity index (χ1) is 16.1. The fraction of sp³-hybridized carbons (Fsp3) is 0.346. The Labute approximate surface area is 200 Å². The number of rotatable bonds is 7. The first-order valence-electron chi connectivity index (χ1n) is 11.0. The number of carbonyl (C=O) groups excluding carboxylic acids is 2. The lowest BCUT2D eigenvalue weighted by molar-refractivity contribution is -0.164. The van der Waals surface area contributed by atoms with Crippen LogP contribution in [0.2, 0.25) is 5.02 Å². The zero-order valence-corrected chi connectivity index (χ0v) is 19.6. The number of hydrogen-bond donors (Lipinski definition) is 1. The third-order valence-corrected chi connectivity index (χ3v) is 7.07. The molecule has 34 heavy (non-hydrogen) atoms. The molecule has 2 aromatic carbocycles. The van der Waals surface area contributed by atoms with E-state index in [9.17, 15) is 18.8 Å². The van der Waals surface area contributed by atoms with Crippen LogP contribution in [0.15, 0.2) is 45.6 Å². The summed E-state index contributed by atoms with van der Waals surface area (Å²) in [6.07, 6.45) is 2.31. The van der Waals surface area contributed by atoms with E-state index in [0.29, 0.717) is 52.1 Å². The maximum atomic E-state index is 13.6. The molecule has 0 atom stereocenters. The first kappa shape index (κ1) is 22.6. The summed E-state index contributed by atoms with van der Waals surface area (Å²) in [6, 6.07) is 8.93. The predicted molar refractivity (Wildman–Crippen MR) is 125 cm³/mol. The van der Waals surface area contributed by atoms with Crippen molar-refractivity contribution >= 4 is 34.3 Å². The Kier molecular flexibility index (Phi) is 5.28. The minimum atomic E-state index is -0.384. The highest BCUT2D eigenvalue weighted by atomic mass is 35.5. The molecule has 1 heterocycles. The summed E-state index contributed by atoms with van der Waals surface area (Å²) in [5, 5.41) is 3.77. The van der Waals surface area contributed by atoms with Gasteiger partial charge in [-0.15, -0.1) is 0 Å². The lowest BCUT2D eigenvalue weighted by Crippen LogP contribution is -2.75. The van der Waals surface area contributed by atoms with Crippen molar-refractivity contribution in [3.05, 3.63) is 74.3 Å². The Hall–Kier alpha value is -3.19. The van der Waals surface area contributed by atoms with Crippen LogP contribution < -0.4 is 15.5 Å². The van der Waals surface area contributed by atoms with E-state index in [1.165, 1.54) is 18.2 Å². The Morgan fingerprint density at radius 3 is 2.56 bits per heavy atom. The summed E-state index contributed by atoms with van der Waals surface area (Å²) < 4.78 is 24.8. The molecule has 0 saturated heterocycles. The summed E-state index contributed by atoms with van der Waals surface area (Å²) in [4.78, 5) is 37.7. The van der Waals surface area contributed by atoms with Gasteiger partial charge in [0.15, 0.2) is 23.6 Å². The third-order valence-electron chi connectivity index (χ3n) is 6.85. The van der Waals surface area contributed by atoms with Gasteiger partial charge in [0.2, 0.25) is 0 Å². The molecule has 3 saturated carbocycles. The normalized spacial score (nSPS) is 22.6. The van der Waals surface area contributed by atoms with E-state index >= 15 is 0 Å². The minimum absolute atomic E-state index is 0.0458. The van der Waals surface area contributed by atoms with E-state index in [0.717, 1.165) is 0 Å². The minimum Gasteiger partial charge on any atom is -0.484 e. The van der Waals surface area contributed by atoms with Gasteiger partial charge in [0.05, 0.1) is 5.39 Å². The quantitative estimate of drug-likeness (QED) is 0.483. The molecule has 1 aromatic heterocycles. The summed E-state index contributed by atoms with van der Waals surface area (Å²) in [5.41, 5.74) is 0.759. The van der Waals surface area contributed by atoms with Gasteiger partial charge in [-0.05, 0) is 67.9 Å². The van der Waals surface area contributed by atoms with Crippen molar-refractivity contribution in [1.29, 1.82) is 0 Å². The molecule has 1 amide bonds. The van der Waals surface area contributed by atoms with Crippen LogP contribution in [0.3, 0.4) is 0 Å². The topological polar surface area (TPSA) is 85.6 Å². The maximum Gasteiger partial charge on any atom is 0.258 e. The second-order valence-corrected chi connectivity index (χ2v) is 10.2. The van der Waals surface area contributed by atoms with Crippen LogP contribution in [0.4, 0.5) is 4.39 Å². The number of ether oxygens (including phenoxy) is 1. The average Bonchev–Trinajstić information content (AvgIpc) is 2.72. The Bertz CT molecular complexity index is 1390. The highest BCUT2D eigenvalue weighted by molar-refractivity contribution is 6.31. The summed E-state index contributed by atoms with van der Waals surface area (Å²) in [5.74, 6) is -0.546. The van der Waals surface area contributed by atoms with Gasteiger partial charge < -0.3 is 14.5 Å². The molecule has 0 spiro atoms. The average molecular weight is 484 g/mol. The van der Waals surface area contributed by atoms with Gasteiger partial charge in [-0.1, -0.05) is 17.7 Å². The number of halogens is 2. The Balaban J connectivity index is 1.17. The molecule has 0 radical (unpaired) electrons. The smallest absolute Gasteiger partial charge is 0.258 e. The number of carbonyl (C=O) groups is 2. The fourth-order valence-electron chi connectivity index (χ4n) is 5.41. The number of benzene rings is 2. The van der Waals surface area contributed by atoms with E-state index in [1.54, 1.807) is 32.0 Å². The molecular formula is C26H23ClFNO5. The van der Waals surface area contributed by atoms with Crippen molar-refractivity contribution in [3.8, 4) is 5.75 Å². The number of aryl methyl sites for hydroxylation is 2. The fourth-order valence-corrected chi connectivity index (χ4v) is 5.68. The number of hydrogen-bond acceptors (Lipinski definition) is 5. The number of Topliss-reactive ketones (excluding diaryl/α,β-unsaturated/α-hetero) is 1. The number of ketones is 1. The highest BCUT2D eigenvalue weighted by Gasteiger charge is 2.68. The molecule has 6 nitrogen and oxygen atoms in total. The van der Waals surface area contributed by atoms with E-state index in [2.05, 4.69) is 5.32 Å². The van der Waals surface area contributed by atoms with Crippen LogP contribution in [-0.4, -0.2) is 23.8 Å². The van der Waals surface area contributed by atoms with Gasteiger partial charge in [0.1, 0.15) is 17.1 Å². The SMILES string of the molecule is Cc1ccc(OCC(=O)NC23CC(CC(=O)c4cc(=O)c5cc(Cl)cc(C)c5o4)(C2)C3)cc1F. The molecule has 2 bridgehead atoms. The van der Waals surface area contributed by atoms with Gasteiger partial charge in [0, 0.05) is 29.1 Å². The van der Waals surface area contributed by atoms with Crippen molar-refractivity contribution in [2.75, 3.05) is 6.61 Å². The van der Waals surface area contributed by atoms with Crippen LogP contribution in [0.1, 0.15) is 47.4 Å². The molecule has 0 unspecified atom stereocenters. The molecule has 6 rings (SSSR count). The first-order valence-corrected chi connectivity index (χ1v) is 11.4. The summed E-state index contributed by atoms with van der Waals surface area (Å²) in [7, 11) is 0. The summed E-state index contributed by atoms with van der Waals surface area (Å²) >= 11 is 6.03. The summed E-state index contributed by atoms with van der Waals surface area (Å²) in [6.45, 7) is 3.22. The predicted octanol–water partition coefficient (Wildman–Crippen LogP) is 4.89. The molecule has 3 aliphatic rings. The number of fused-ring (bicyclic) bond motifs is 1. The van der Waals surface area contributed by atoms with Crippen molar-refractivity contribution in [2.24, 2.45) is 5.41 Å². The lowest BCUT2D eigenvalue weighted by atomic mass is 9.38. The van der Waals surface area contributed by atoms with Crippen molar-refractivity contribution in [2.45, 2.75) is 45.1 Å². The lowest BCUT2D eigenvalue weighted by Gasteiger charge is -2.70. The van der Waals surface area contributed by atoms with E-state index in [1.807, 2.05) is 0 Å². The van der Waals surface area contributed by atoms with Gasteiger partial charge in [-0.2, -0.15) is 0 Å². The molecule has 0 aliphatic heterocycles. The van der Waals surface area contributed by atoms with Crippen molar-refractivity contribution in [3.63, 3.8) is 0 Å². The van der Waals surface area contributed by atoms with Crippen LogP contribution in [0.5, 0.6) is 5.75 Å². The zero-order valence-electron chi connectivity index (χ0n) is 18.8. The van der Waals surface area contributed by atoms with Crippen molar-refractivity contribution < 1.29 is 23.1 Å². The molecular weight excluding hydrogens is 461 g/mol. The molecule has 3 fully saturated rings. The monoisotopic (exact) mass is 483 g/mol. The second kappa shape index (κ2) is 7.94. The number of amides is 1. The Morgan fingerprint density at radius 2 is 1.85 bits per heavy atom. The van der Waals surface area contributed by atoms with E-state index in [4.69, 9.17) is 20.8 Å². The second-order valence-electron chi connectivity index (χ2n) is 9.73. The maximum absolute atomic E-state index is 13.6. The number of nitrogens with one attached hydrogen (secondary N) is 1. The van der Waals surface area contributed by atoms with Gasteiger partial charge in [0.25, 0.3) is 5.91 Å². The molecule has 8 heteroatoms. The van der Waals surface area contributed by atoms with Gasteiger partial charge >= 0.3 is 0 Å². The van der Waals surface area contributed by atoms with Crippen LogP contribution >= 0.6 is 11.6 Å². The van der Waals surface area contributed by atoms with Gasteiger partial charge in [-0.3, -0.25) is 14.4 Å². The van der Waals surface area contributed by atoms with Crippen LogP contribution in [-0.2, 0) is 4.79 Å². The molecule has 3 aromatic rings. The van der Waals surface area contributed by atoms with Crippen molar-refractivity contribution in [1.82, 2.24) is 5.32 Å². The highest BCUT2D eigenvalue weighted by Crippen LogP contribution is 2.69. The zero-order chi connectivity index (χ0) is 24.3. The van der Waals surface area contributed by atoms with E-state index < -0.39 is 0 Å². The molecule has 1 N–H and O–H groups in total. The van der Waals surface area contributed by atoms with Crippen LogP contribution in [0, 0.1) is 25.1 Å². The van der Waals surface area contributed by atoms with Crippen LogP contribution in [0.25, 0.3) is 11.0 Å².